The minimum atomic E-state index is -0.698. The Kier molecular flexibility index (Phi) is 6.18. The normalized spacial score (nSPS) is 14.3. The van der Waals surface area contributed by atoms with Gasteiger partial charge in [0.05, 0.1) is 19.1 Å². The van der Waals surface area contributed by atoms with Crippen molar-refractivity contribution in [2.45, 2.75) is 32.4 Å². The Hall–Kier alpha value is -0.910. The van der Waals surface area contributed by atoms with Crippen molar-refractivity contribution in [3.05, 3.63) is 22.4 Å². The molecule has 0 aromatic carbocycles. The number of ether oxygens (including phenoxy) is 1. The molecule has 1 rings (SSSR count). The predicted molar refractivity (Wildman–Crippen MR) is 68.0 cm³/mol. The molecule has 0 saturated heterocycles. The van der Waals surface area contributed by atoms with Gasteiger partial charge in [-0.3, -0.25) is 4.79 Å². The number of esters is 1. The third-order valence-corrected chi connectivity index (χ3v) is 3.39. The van der Waals surface area contributed by atoms with Crippen molar-refractivity contribution in [1.82, 2.24) is 5.32 Å². The molecule has 0 aliphatic rings. The van der Waals surface area contributed by atoms with Gasteiger partial charge in [0.15, 0.2) is 0 Å². The van der Waals surface area contributed by atoms with Gasteiger partial charge in [0.1, 0.15) is 0 Å². The minimum Gasteiger partial charge on any atom is -0.466 e. The molecule has 0 aliphatic carbocycles. The zero-order valence-electron chi connectivity index (χ0n) is 10.2. The van der Waals surface area contributed by atoms with Crippen LogP contribution in [-0.4, -0.2) is 30.3 Å². The third-order valence-electron chi connectivity index (χ3n) is 2.34. The molecule has 1 aromatic heterocycles. The number of hydrogen-bond donors (Lipinski definition) is 2. The number of aliphatic hydroxyl groups excluding tert-OH is 1. The average Bonchev–Trinajstić information content (AvgIpc) is 2.79. The first-order valence-corrected chi connectivity index (χ1v) is 6.62. The molecule has 0 saturated carbocycles. The predicted octanol–water partition coefficient (Wildman–Crippen LogP) is 1.71. The average molecular weight is 257 g/mol. The van der Waals surface area contributed by atoms with Crippen LogP contribution in [0.1, 0.15) is 31.2 Å². The molecule has 2 atom stereocenters. The van der Waals surface area contributed by atoms with E-state index in [1.165, 1.54) is 4.88 Å². The summed E-state index contributed by atoms with van der Waals surface area (Å²) < 4.78 is 4.77. The van der Waals surface area contributed by atoms with E-state index in [4.69, 9.17) is 4.74 Å². The van der Waals surface area contributed by atoms with E-state index in [1.54, 1.807) is 18.3 Å². The lowest BCUT2D eigenvalue weighted by atomic mass is 10.2. The highest BCUT2D eigenvalue weighted by Gasteiger charge is 2.13. The lowest BCUT2D eigenvalue weighted by Gasteiger charge is -2.15. The number of nitrogens with one attached hydrogen (secondary N) is 1. The summed E-state index contributed by atoms with van der Waals surface area (Å²) in [5, 5.41) is 14.8. The Bertz CT molecular complexity index is 327. The summed E-state index contributed by atoms with van der Waals surface area (Å²) in [5.74, 6) is -0.356. The highest BCUT2D eigenvalue weighted by Crippen LogP contribution is 2.17. The van der Waals surface area contributed by atoms with E-state index in [-0.39, 0.29) is 18.4 Å². The first-order valence-electron chi connectivity index (χ1n) is 5.74. The zero-order chi connectivity index (χ0) is 12.7. The van der Waals surface area contributed by atoms with Crippen LogP contribution in [0.15, 0.2) is 17.5 Å². The summed E-state index contributed by atoms with van der Waals surface area (Å²) in [4.78, 5) is 12.3. The Labute approximate surface area is 106 Å². The van der Waals surface area contributed by atoms with Crippen molar-refractivity contribution in [3.8, 4) is 0 Å². The van der Waals surface area contributed by atoms with Crippen molar-refractivity contribution >= 4 is 17.3 Å². The second-order valence-electron chi connectivity index (χ2n) is 3.81. The van der Waals surface area contributed by atoms with Crippen LogP contribution in [0.5, 0.6) is 0 Å². The molecular formula is C12H19NO3S. The summed E-state index contributed by atoms with van der Waals surface area (Å²) >= 11 is 1.67. The van der Waals surface area contributed by atoms with Gasteiger partial charge in [-0.25, -0.2) is 0 Å². The SMILES string of the molecule is CCOC(=O)CC(O)CN[C@@H](C)c1cccs1. The largest absolute Gasteiger partial charge is 0.466 e. The third kappa shape index (κ3) is 5.30. The lowest BCUT2D eigenvalue weighted by molar-refractivity contribution is -0.145. The van der Waals surface area contributed by atoms with E-state index < -0.39 is 6.10 Å². The Morgan fingerprint density at radius 3 is 3.00 bits per heavy atom. The first-order chi connectivity index (χ1) is 8.13. The summed E-state index contributed by atoms with van der Waals surface area (Å²) in [6.07, 6.45) is -0.658. The summed E-state index contributed by atoms with van der Waals surface area (Å²) in [7, 11) is 0. The maximum atomic E-state index is 11.1. The molecular weight excluding hydrogens is 238 g/mol. The Morgan fingerprint density at radius 1 is 1.65 bits per heavy atom. The minimum absolute atomic E-state index is 0.0397. The van der Waals surface area contributed by atoms with E-state index in [9.17, 15) is 9.90 Å². The smallest absolute Gasteiger partial charge is 0.308 e. The summed E-state index contributed by atoms with van der Waals surface area (Å²) in [6, 6.07) is 4.22. The molecule has 4 nitrogen and oxygen atoms in total. The van der Waals surface area contributed by atoms with E-state index in [2.05, 4.69) is 5.32 Å². The highest BCUT2D eigenvalue weighted by molar-refractivity contribution is 7.10. The van der Waals surface area contributed by atoms with E-state index in [1.807, 2.05) is 24.4 Å². The van der Waals surface area contributed by atoms with Gasteiger partial charge in [0, 0.05) is 17.5 Å². The monoisotopic (exact) mass is 257 g/mol. The van der Waals surface area contributed by atoms with Crippen molar-refractivity contribution in [3.63, 3.8) is 0 Å². The fourth-order valence-electron chi connectivity index (χ4n) is 1.44. The van der Waals surface area contributed by atoms with Gasteiger partial charge in [-0.05, 0) is 25.3 Å². The molecule has 0 spiro atoms. The molecule has 1 unspecified atom stereocenters. The van der Waals surface area contributed by atoms with E-state index in [0.717, 1.165) is 0 Å². The second kappa shape index (κ2) is 7.42. The highest BCUT2D eigenvalue weighted by atomic mass is 32.1. The first kappa shape index (κ1) is 14.2. The molecule has 96 valence electrons. The van der Waals surface area contributed by atoms with Crippen molar-refractivity contribution < 1.29 is 14.6 Å². The quantitative estimate of drug-likeness (QED) is 0.730. The molecule has 0 amide bonds. The summed E-state index contributed by atoms with van der Waals surface area (Å²) in [6.45, 7) is 4.52. The lowest BCUT2D eigenvalue weighted by Crippen LogP contribution is -2.30. The van der Waals surface area contributed by atoms with E-state index in [0.29, 0.717) is 13.2 Å². The van der Waals surface area contributed by atoms with E-state index >= 15 is 0 Å². The molecule has 17 heavy (non-hydrogen) atoms. The van der Waals surface area contributed by atoms with Crippen LogP contribution in [-0.2, 0) is 9.53 Å². The van der Waals surface area contributed by atoms with Gasteiger partial charge in [0.25, 0.3) is 0 Å². The van der Waals surface area contributed by atoms with Crippen LogP contribution in [0.25, 0.3) is 0 Å². The van der Waals surface area contributed by atoms with Crippen LogP contribution in [0, 0.1) is 0 Å². The van der Waals surface area contributed by atoms with Crippen LogP contribution in [0.2, 0.25) is 0 Å². The van der Waals surface area contributed by atoms with Crippen molar-refractivity contribution in [1.29, 1.82) is 0 Å². The topological polar surface area (TPSA) is 58.6 Å². The fourth-order valence-corrected chi connectivity index (χ4v) is 2.19. The second-order valence-corrected chi connectivity index (χ2v) is 4.79. The van der Waals surface area contributed by atoms with Gasteiger partial charge >= 0.3 is 5.97 Å². The van der Waals surface area contributed by atoms with Crippen LogP contribution >= 0.6 is 11.3 Å². The van der Waals surface area contributed by atoms with Gasteiger partial charge < -0.3 is 15.2 Å². The molecule has 5 heteroatoms. The van der Waals surface area contributed by atoms with Gasteiger partial charge in [-0.15, -0.1) is 11.3 Å². The Morgan fingerprint density at radius 2 is 2.41 bits per heavy atom. The van der Waals surface area contributed by atoms with Crippen LogP contribution < -0.4 is 5.32 Å². The van der Waals surface area contributed by atoms with Gasteiger partial charge in [0.2, 0.25) is 0 Å². The van der Waals surface area contributed by atoms with Gasteiger partial charge in [-0.2, -0.15) is 0 Å². The molecule has 1 aromatic rings. The van der Waals surface area contributed by atoms with Crippen molar-refractivity contribution in [2.24, 2.45) is 0 Å². The molecule has 0 fully saturated rings. The molecule has 0 aliphatic heterocycles. The number of rotatable bonds is 7. The fraction of sp³-hybridized carbons (Fsp3) is 0.583. The Balaban J connectivity index is 2.23. The van der Waals surface area contributed by atoms with Crippen LogP contribution in [0.4, 0.5) is 0 Å². The number of thiophene rings is 1. The van der Waals surface area contributed by atoms with Crippen LogP contribution in [0.3, 0.4) is 0 Å². The summed E-state index contributed by atoms with van der Waals surface area (Å²) in [5.41, 5.74) is 0. The maximum Gasteiger partial charge on any atom is 0.308 e. The zero-order valence-corrected chi connectivity index (χ0v) is 11.0. The standard InChI is InChI=1S/C12H19NO3S/c1-3-16-12(15)7-10(14)8-13-9(2)11-5-4-6-17-11/h4-6,9-10,13-14H,3,7-8H2,1-2H3/t9-,10?/m0/s1. The molecule has 0 radical (unpaired) electrons. The molecule has 1 heterocycles. The number of carbonyl (C=O) groups is 1. The molecule has 0 bridgehead atoms. The molecule has 2 N–H and O–H groups in total. The number of hydrogen-bond acceptors (Lipinski definition) is 5. The number of carbonyl (C=O) groups excluding carboxylic acids is 1. The number of aliphatic hydroxyl groups is 1. The van der Waals surface area contributed by atoms with Gasteiger partial charge in [-0.1, -0.05) is 6.07 Å². The maximum absolute atomic E-state index is 11.1. The van der Waals surface area contributed by atoms with Crippen molar-refractivity contribution in [2.75, 3.05) is 13.2 Å².